The number of hydrogen-bond acceptors (Lipinski definition) is 0. The fourth-order valence-electron chi connectivity index (χ4n) is 6.64. The van der Waals surface area contributed by atoms with Crippen LogP contribution in [0.4, 0.5) is 13.2 Å². The third kappa shape index (κ3) is 6.77. The van der Waals surface area contributed by atoms with Crippen molar-refractivity contribution in [1.29, 1.82) is 0 Å². The summed E-state index contributed by atoms with van der Waals surface area (Å²) in [6.07, 6.45) is 19.0. The molecule has 1 atom stereocenters. The third-order valence-electron chi connectivity index (χ3n) is 9.24. The smallest absolute Gasteiger partial charge is 0.166 e. The van der Waals surface area contributed by atoms with Gasteiger partial charge in [-0.1, -0.05) is 86.2 Å². The second-order valence-corrected chi connectivity index (χ2v) is 11.8. The van der Waals surface area contributed by atoms with Gasteiger partial charge in [-0.3, -0.25) is 0 Å². The molecule has 0 saturated heterocycles. The maximum atomic E-state index is 15.3. The molecule has 0 bridgehead atoms. The summed E-state index contributed by atoms with van der Waals surface area (Å²) in [5.41, 5.74) is 4.54. The predicted octanol–water partition coefficient (Wildman–Crippen LogP) is 11.5. The molecular formula is C38H41F3. The molecule has 1 saturated carbocycles. The Kier molecular flexibility index (Phi) is 9.64. The van der Waals surface area contributed by atoms with Crippen molar-refractivity contribution in [1.82, 2.24) is 0 Å². The second kappa shape index (κ2) is 13.6. The van der Waals surface area contributed by atoms with Crippen molar-refractivity contribution in [3.05, 3.63) is 114 Å². The summed E-state index contributed by atoms with van der Waals surface area (Å²) in [5, 5.41) is 0. The Balaban J connectivity index is 1.25. The van der Waals surface area contributed by atoms with Gasteiger partial charge in [-0.15, -0.1) is 6.58 Å². The lowest BCUT2D eigenvalue weighted by Crippen LogP contribution is -2.22. The van der Waals surface area contributed by atoms with E-state index in [9.17, 15) is 8.78 Å². The van der Waals surface area contributed by atoms with Gasteiger partial charge in [0.25, 0.3) is 0 Å². The minimum absolute atomic E-state index is 0.211. The largest absolute Gasteiger partial charge is 0.206 e. The molecule has 3 aromatic rings. The Morgan fingerprint density at radius 2 is 1.44 bits per heavy atom. The van der Waals surface area contributed by atoms with E-state index in [0.29, 0.717) is 34.6 Å². The zero-order valence-electron chi connectivity index (χ0n) is 24.1. The van der Waals surface area contributed by atoms with Gasteiger partial charge in [0.2, 0.25) is 0 Å². The van der Waals surface area contributed by atoms with E-state index in [4.69, 9.17) is 0 Å². The molecule has 5 rings (SSSR count). The van der Waals surface area contributed by atoms with Gasteiger partial charge in [0.05, 0.1) is 0 Å². The molecule has 2 aliphatic rings. The highest BCUT2D eigenvalue weighted by Crippen LogP contribution is 2.42. The normalized spacial score (nSPS) is 21.2. The first-order valence-corrected chi connectivity index (χ1v) is 15.3. The summed E-state index contributed by atoms with van der Waals surface area (Å²) in [5.74, 6) is 0.321. The summed E-state index contributed by atoms with van der Waals surface area (Å²) in [7, 11) is 0. The standard InChI is InChI=1S/C38H41F3/c1-3-5-6-7-8-32-21-24-35(38(41)37(32)40)31-19-17-30(18-20-31)34-23-22-33(25-36(34)39)29-15-13-28(14-16-29)27-11-9-26(4-2)10-12-27/h4,6-7,15,17-28H,2-3,5,8-14,16H2,1H3/b7-6-. The van der Waals surface area contributed by atoms with E-state index < -0.39 is 11.6 Å². The molecule has 0 aliphatic heterocycles. The molecule has 0 N–H and O–H groups in total. The number of rotatable bonds is 9. The molecular weight excluding hydrogens is 513 g/mol. The number of halogens is 3. The highest BCUT2D eigenvalue weighted by atomic mass is 19.2. The van der Waals surface area contributed by atoms with Crippen LogP contribution in [-0.2, 0) is 6.42 Å². The Bertz CT molecular complexity index is 1400. The van der Waals surface area contributed by atoms with Gasteiger partial charge in [-0.05, 0) is 109 Å². The molecule has 0 spiro atoms. The molecule has 1 unspecified atom stereocenters. The van der Waals surface area contributed by atoms with Crippen LogP contribution in [0.2, 0.25) is 0 Å². The monoisotopic (exact) mass is 554 g/mol. The van der Waals surface area contributed by atoms with E-state index in [-0.39, 0.29) is 11.4 Å². The highest BCUT2D eigenvalue weighted by Gasteiger charge is 2.28. The van der Waals surface area contributed by atoms with Gasteiger partial charge >= 0.3 is 0 Å². The fourth-order valence-corrected chi connectivity index (χ4v) is 6.64. The van der Waals surface area contributed by atoms with E-state index in [0.717, 1.165) is 43.1 Å². The summed E-state index contributed by atoms with van der Waals surface area (Å²) in [6.45, 7) is 6.04. The molecule has 1 fully saturated rings. The molecule has 41 heavy (non-hydrogen) atoms. The van der Waals surface area contributed by atoms with Crippen LogP contribution in [0.25, 0.3) is 27.8 Å². The van der Waals surface area contributed by atoms with Crippen LogP contribution in [0.1, 0.15) is 75.8 Å². The number of benzene rings is 3. The lowest BCUT2D eigenvalue weighted by atomic mass is 9.71. The van der Waals surface area contributed by atoms with Crippen LogP contribution in [0.3, 0.4) is 0 Å². The van der Waals surface area contributed by atoms with Crippen molar-refractivity contribution >= 4 is 5.57 Å². The van der Waals surface area contributed by atoms with Gasteiger partial charge in [-0.2, -0.15) is 0 Å². The van der Waals surface area contributed by atoms with Crippen molar-refractivity contribution in [3.63, 3.8) is 0 Å². The minimum atomic E-state index is -0.845. The molecule has 3 heteroatoms. The van der Waals surface area contributed by atoms with Crippen LogP contribution in [-0.4, -0.2) is 0 Å². The first kappa shape index (κ1) is 29.2. The lowest BCUT2D eigenvalue weighted by molar-refractivity contribution is 0.212. The topological polar surface area (TPSA) is 0 Å². The molecule has 0 aromatic heterocycles. The quantitative estimate of drug-likeness (QED) is 0.231. The molecule has 0 amide bonds. The van der Waals surface area contributed by atoms with Crippen molar-refractivity contribution in [2.75, 3.05) is 0 Å². The third-order valence-corrected chi connectivity index (χ3v) is 9.24. The molecule has 0 nitrogen and oxygen atoms in total. The summed E-state index contributed by atoms with van der Waals surface area (Å²) >= 11 is 0. The summed E-state index contributed by atoms with van der Waals surface area (Å²) in [6, 6.07) is 15.8. The van der Waals surface area contributed by atoms with Crippen LogP contribution in [0.5, 0.6) is 0 Å². The summed E-state index contributed by atoms with van der Waals surface area (Å²) in [4.78, 5) is 0. The maximum absolute atomic E-state index is 15.3. The minimum Gasteiger partial charge on any atom is -0.206 e. The SMILES string of the molecule is C=CC1CCC(C2CC=C(c3ccc(-c4ccc(-c5ccc(C/C=C\CCC)c(F)c5F)cc4)c(F)c3)CC2)CC1. The van der Waals surface area contributed by atoms with Gasteiger partial charge in [0.1, 0.15) is 5.82 Å². The molecule has 0 heterocycles. The van der Waals surface area contributed by atoms with Crippen LogP contribution >= 0.6 is 0 Å². The fraction of sp³-hybridized carbons (Fsp3) is 0.368. The zero-order chi connectivity index (χ0) is 28.8. The molecule has 2 aliphatic carbocycles. The summed E-state index contributed by atoms with van der Waals surface area (Å²) < 4.78 is 45.0. The average Bonchev–Trinajstić information content (AvgIpc) is 3.01. The first-order valence-electron chi connectivity index (χ1n) is 15.3. The van der Waals surface area contributed by atoms with Gasteiger partial charge in [-0.25, -0.2) is 13.2 Å². The van der Waals surface area contributed by atoms with E-state index in [2.05, 4.69) is 25.7 Å². The van der Waals surface area contributed by atoms with Gasteiger partial charge in [0, 0.05) is 11.1 Å². The van der Waals surface area contributed by atoms with Crippen LogP contribution in [0.15, 0.2) is 85.5 Å². The maximum Gasteiger partial charge on any atom is 0.166 e. The van der Waals surface area contributed by atoms with Crippen molar-refractivity contribution in [3.8, 4) is 22.3 Å². The number of unbranched alkanes of at least 4 members (excludes halogenated alkanes) is 1. The van der Waals surface area contributed by atoms with Crippen molar-refractivity contribution < 1.29 is 13.2 Å². The molecule has 0 radical (unpaired) electrons. The average molecular weight is 555 g/mol. The van der Waals surface area contributed by atoms with Crippen molar-refractivity contribution in [2.24, 2.45) is 17.8 Å². The predicted molar refractivity (Wildman–Crippen MR) is 166 cm³/mol. The Morgan fingerprint density at radius 1 is 0.756 bits per heavy atom. The van der Waals surface area contributed by atoms with Crippen molar-refractivity contribution in [2.45, 2.75) is 71.1 Å². The highest BCUT2D eigenvalue weighted by molar-refractivity contribution is 5.74. The second-order valence-electron chi connectivity index (χ2n) is 11.8. The van der Waals surface area contributed by atoms with E-state index in [1.54, 1.807) is 42.5 Å². The van der Waals surface area contributed by atoms with E-state index in [1.165, 1.54) is 37.7 Å². The lowest BCUT2D eigenvalue weighted by Gasteiger charge is -2.34. The molecule has 3 aromatic carbocycles. The molecule has 214 valence electrons. The zero-order valence-corrected chi connectivity index (χ0v) is 24.1. The number of allylic oxidation sites excluding steroid dienone is 5. The van der Waals surface area contributed by atoms with E-state index >= 15 is 4.39 Å². The Hall–Kier alpha value is -3.33. The Morgan fingerprint density at radius 3 is 2.07 bits per heavy atom. The number of hydrogen-bond donors (Lipinski definition) is 0. The van der Waals surface area contributed by atoms with Crippen LogP contribution < -0.4 is 0 Å². The Labute approximate surface area is 243 Å². The first-order chi connectivity index (χ1) is 20.0. The van der Waals surface area contributed by atoms with E-state index in [1.807, 2.05) is 24.3 Å². The van der Waals surface area contributed by atoms with Crippen LogP contribution in [0, 0.1) is 35.2 Å². The van der Waals surface area contributed by atoms with Gasteiger partial charge in [0.15, 0.2) is 11.6 Å². The van der Waals surface area contributed by atoms with Gasteiger partial charge < -0.3 is 0 Å².